The standard InChI is InChI=1S/C27H24N4OS2/c28-17-21-20-13-7-8-14-22(20)34-26(21)29-23(32)15-16-33-27-30-24(18-9-3-1-4-10-18)25(31-27)19-11-5-2-6-12-19/h1-6,9-12H,7-8,13-16H2,(H,29,32)(H,30,31). The van der Waals surface area contributed by atoms with E-state index in [0.29, 0.717) is 22.7 Å². The largest absolute Gasteiger partial charge is 0.332 e. The number of hydrogen-bond donors (Lipinski definition) is 2. The van der Waals surface area contributed by atoms with Gasteiger partial charge in [-0.2, -0.15) is 5.26 Å². The number of anilines is 1. The zero-order valence-corrected chi connectivity index (χ0v) is 20.3. The number of imidazole rings is 1. The van der Waals surface area contributed by atoms with Gasteiger partial charge in [0.15, 0.2) is 5.16 Å². The Balaban J connectivity index is 1.27. The molecule has 7 heteroatoms. The van der Waals surface area contributed by atoms with Gasteiger partial charge in [0.25, 0.3) is 0 Å². The van der Waals surface area contributed by atoms with E-state index < -0.39 is 0 Å². The molecule has 0 atom stereocenters. The van der Waals surface area contributed by atoms with Gasteiger partial charge >= 0.3 is 0 Å². The predicted octanol–water partition coefficient (Wildman–Crippen LogP) is 6.68. The molecular weight excluding hydrogens is 460 g/mol. The molecule has 170 valence electrons. The number of thioether (sulfide) groups is 1. The molecule has 0 radical (unpaired) electrons. The third-order valence-corrected chi connectivity index (χ3v) is 7.98. The quantitative estimate of drug-likeness (QED) is 0.287. The van der Waals surface area contributed by atoms with E-state index in [9.17, 15) is 10.1 Å². The molecule has 1 aliphatic rings. The van der Waals surface area contributed by atoms with Crippen molar-refractivity contribution < 1.29 is 4.79 Å². The summed E-state index contributed by atoms with van der Waals surface area (Å²) in [6.07, 6.45) is 4.56. The molecule has 0 bridgehead atoms. The third-order valence-electron chi connectivity index (χ3n) is 5.90. The van der Waals surface area contributed by atoms with Crippen LogP contribution in [0.4, 0.5) is 5.00 Å². The Labute approximate surface area is 207 Å². The number of nitrogens with one attached hydrogen (secondary N) is 2. The SMILES string of the molecule is N#Cc1c(NC(=O)CCSc2nc(-c3ccccc3)c(-c3ccccc3)[nH]2)sc2c1CCCC2. The summed E-state index contributed by atoms with van der Waals surface area (Å²) in [5.74, 6) is 0.523. The molecule has 2 aromatic heterocycles. The van der Waals surface area contributed by atoms with Crippen LogP contribution in [0.15, 0.2) is 65.8 Å². The van der Waals surface area contributed by atoms with Gasteiger partial charge in [-0.1, -0.05) is 72.4 Å². The molecular formula is C27H24N4OS2. The summed E-state index contributed by atoms with van der Waals surface area (Å²) in [7, 11) is 0. The number of benzene rings is 2. The van der Waals surface area contributed by atoms with Crippen LogP contribution in [0.3, 0.4) is 0 Å². The van der Waals surface area contributed by atoms with Gasteiger partial charge in [-0.05, 0) is 31.2 Å². The number of rotatable bonds is 7. The minimum absolute atomic E-state index is 0.0688. The Hall–Kier alpha value is -3.34. The van der Waals surface area contributed by atoms with Crippen LogP contribution in [-0.4, -0.2) is 21.6 Å². The molecule has 4 aromatic rings. The van der Waals surface area contributed by atoms with E-state index in [4.69, 9.17) is 4.98 Å². The first-order valence-corrected chi connectivity index (χ1v) is 13.2. The molecule has 2 heterocycles. The molecule has 34 heavy (non-hydrogen) atoms. The summed E-state index contributed by atoms with van der Waals surface area (Å²) in [5, 5.41) is 14.1. The maximum Gasteiger partial charge on any atom is 0.225 e. The predicted molar refractivity (Wildman–Crippen MR) is 139 cm³/mol. The molecule has 2 aromatic carbocycles. The number of carbonyl (C=O) groups excluding carboxylic acids is 1. The average molecular weight is 485 g/mol. The molecule has 0 unspecified atom stereocenters. The topological polar surface area (TPSA) is 81.6 Å². The van der Waals surface area contributed by atoms with Crippen molar-refractivity contribution in [2.24, 2.45) is 0 Å². The fourth-order valence-corrected chi connectivity index (χ4v) is 6.31. The number of aromatic amines is 1. The average Bonchev–Trinajstić information content (AvgIpc) is 3.46. The second-order valence-electron chi connectivity index (χ2n) is 8.17. The van der Waals surface area contributed by atoms with E-state index in [0.717, 1.165) is 58.9 Å². The Morgan fingerprint density at radius 3 is 2.50 bits per heavy atom. The van der Waals surface area contributed by atoms with Gasteiger partial charge < -0.3 is 10.3 Å². The first kappa shape index (κ1) is 22.5. The highest BCUT2D eigenvalue weighted by Gasteiger charge is 2.22. The number of nitriles is 1. The molecule has 1 aliphatic carbocycles. The Morgan fingerprint density at radius 1 is 1.06 bits per heavy atom. The van der Waals surface area contributed by atoms with Gasteiger partial charge in [-0.3, -0.25) is 4.79 Å². The first-order valence-electron chi connectivity index (χ1n) is 11.4. The van der Waals surface area contributed by atoms with Crippen molar-refractivity contribution in [2.45, 2.75) is 37.3 Å². The van der Waals surface area contributed by atoms with Crippen molar-refractivity contribution in [3.05, 3.63) is 76.7 Å². The summed E-state index contributed by atoms with van der Waals surface area (Å²) < 4.78 is 0. The monoisotopic (exact) mass is 484 g/mol. The number of hydrogen-bond acceptors (Lipinski definition) is 5. The normalized spacial score (nSPS) is 12.7. The van der Waals surface area contributed by atoms with Gasteiger partial charge in [-0.15, -0.1) is 11.3 Å². The second-order valence-corrected chi connectivity index (χ2v) is 10.4. The minimum atomic E-state index is -0.0688. The minimum Gasteiger partial charge on any atom is -0.332 e. The highest BCUT2D eigenvalue weighted by molar-refractivity contribution is 7.99. The molecule has 0 saturated heterocycles. The van der Waals surface area contributed by atoms with Gasteiger partial charge in [0.2, 0.25) is 5.91 Å². The highest BCUT2D eigenvalue weighted by Crippen LogP contribution is 2.38. The zero-order valence-electron chi connectivity index (χ0n) is 18.6. The van der Waals surface area contributed by atoms with Crippen LogP contribution in [-0.2, 0) is 17.6 Å². The lowest BCUT2D eigenvalue weighted by atomic mass is 9.96. The number of nitrogens with zero attached hydrogens (tertiary/aromatic N) is 2. The van der Waals surface area contributed by atoms with Crippen LogP contribution in [0.5, 0.6) is 0 Å². The fourth-order valence-electron chi connectivity index (χ4n) is 4.24. The number of fused-ring (bicyclic) bond motifs is 1. The lowest BCUT2D eigenvalue weighted by Crippen LogP contribution is -2.12. The van der Waals surface area contributed by atoms with Crippen LogP contribution in [0.25, 0.3) is 22.5 Å². The van der Waals surface area contributed by atoms with Gasteiger partial charge in [-0.25, -0.2) is 4.98 Å². The molecule has 0 aliphatic heterocycles. The van der Waals surface area contributed by atoms with Gasteiger partial charge in [0, 0.05) is 28.2 Å². The van der Waals surface area contributed by atoms with E-state index in [1.54, 1.807) is 11.3 Å². The number of amides is 1. The summed E-state index contributed by atoms with van der Waals surface area (Å²) in [4.78, 5) is 22.2. The van der Waals surface area contributed by atoms with Crippen LogP contribution in [0.1, 0.15) is 35.3 Å². The highest BCUT2D eigenvalue weighted by atomic mass is 32.2. The van der Waals surface area contributed by atoms with Crippen molar-refractivity contribution in [1.82, 2.24) is 9.97 Å². The van der Waals surface area contributed by atoms with Crippen molar-refractivity contribution in [3.63, 3.8) is 0 Å². The number of carbonyl (C=O) groups is 1. The molecule has 0 spiro atoms. The van der Waals surface area contributed by atoms with E-state index in [1.807, 2.05) is 36.4 Å². The van der Waals surface area contributed by atoms with Crippen molar-refractivity contribution in [1.29, 1.82) is 5.26 Å². The van der Waals surface area contributed by atoms with E-state index >= 15 is 0 Å². The zero-order chi connectivity index (χ0) is 23.3. The molecule has 0 saturated carbocycles. The fraction of sp³-hybridized carbons (Fsp3) is 0.222. The van der Waals surface area contributed by atoms with Crippen molar-refractivity contribution >= 4 is 34.0 Å². The maximum absolute atomic E-state index is 12.6. The van der Waals surface area contributed by atoms with E-state index in [-0.39, 0.29) is 5.91 Å². The smallest absolute Gasteiger partial charge is 0.225 e. The number of aromatic nitrogens is 2. The van der Waals surface area contributed by atoms with E-state index in [2.05, 4.69) is 40.6 Å². The lowest BCUT2D eigenvalue weighted by molar-refractivity contribution is -0.115. The molecule has 2 N–H and O–H groups in total. The number of H-pyrrole nitrogens is 1. The molecule has 0 fully saturated rings. The Morgan fingerprint density at radius 2 is 1.76 bits per heavy atom. The molecule has 5 nitrogen and oxygen atoms in total. The first-order chi connectivity index (χ1) is 16.7. The van der Waals surface area contributed by atoms with E-state index in [1.165, 1.54) is 16.6 Å². The van der Waals surface area contributed by atoms with Gasteiger partial charge in [0.1, 0.15) is 11.1 Å². The second kappa shape index (κ2) is 10.3. The van der Waals surface area contributed by atoms with Crippen LogP contribution >= 0.6 is 23.1 Å². The van der Waals surface area contributed by atoms with Crippen molar-refractivity contribution in [3.8, 4) is 28.6 Å². The maximum atomic E-state index is 12.6. The van der Waals surface area contributed by atoms with Crippen molar-refractivity contribution in [2.75, 3.05) is 11.1 Å². The number of aryl methyl sites for hydroxylation is 1. The van der Waals surface area contributed by atoms with Gasteiger partial charge in [0.05, 0.1) is 17.0 Å². The third kappa shape index (κ3) is 4.79. The van der Waals surface area contributed by atoms with Crippen LogP contribution in [0.2, 0.25) is 0 Å². The summed E-state index contributed by atoms with van der Waals surface area (Å²) in [5.41, 5.74) is 5.80. The Bertz CT molecular complexity index is 1280. The Kier molecular flexibility index (Phi) is 6.79. The summed E-state index contributed by atoms with van der Waals surface area (Å²) >= 11 is 3.10. The van der Waals surface area contributed by atoms with Crippen LogP contribution < -0.4 is 5.32 Å². The summed E-state index contributed by atoms with van der Waals surface area (Å²) in [6, 6.07) is 22.6. The summed E-state index contributed by atoms with van der Waals surface area (Å²) in [6.45, 7) is 0. The lowest BCUT2D eigenvalue weighted by Gasteiger charge is -2.09. The molecule has 1 amide bonds. The molecule has 5 rings (SSSR count). The number of thiophene rings is 1. The van der Waals surface area contributed by atoms with Crippen LogP contribution in [0, 0.1) is 11.3 Å².